The van der Waals surface area contributed by atoms with Crippen molar-refractivity contribution in [3.63, 3.8) is 0 Å². The van der Waals surface area contributed by atoms with E-state index in [2.05, 4.69) is 9.97 Å². The minimum atomic E-state index is -0.597. The highest BCUT2D eigenvalue weighted by atomic mass is 35.5. The summed E-state index contributed by atoms with van der Waals surface area (Å²) in [6.07, 6.45) is 0. The zero-order valence-electron chi connectivity index (χ0n) is 11.7. The fourth-order valence-electron chi connectivity index (χ4n) is 1.92. The molecule has 8 heteroatoms. The zero-order valence-corrected chi connectivity index (χ0v) is 12.4. The van der Waals surface area contributed by atoms with E-state index < -0.39 is 4.92 Å². The molecule has 0 atom stereocenters. The largest absolute Gasteiger partial charge is 0.434 e. The summed E-state index contributed by atoms with van der Waals surface area (Å²) in [6.45, 7) is 5.10. The highest BCUT2D eigenvalue weighted by Crippen LogP contribution is 2.34. The first-order valence-corrected chi connectivity index (χ1v) is 6.40. The maximum atomic E-state index is 11.1. The molecule has 0 saturated carbocycles. The van der Waals surface area contributed by atoms with Crippen molar-refractivity contribution < 1.29 is 9.66 Å². The predicted octanol–water partition coefficient (Wildman–Crippen LogP) is 3.34. The van der Waals surface area contributed by atoms with Gasteiger partial charge in [-0.1, -0.05) is 11.6 Å². The molecule has 0 aliphatic heterocycles. The van der Waals surface area contributed by atoms with Crippen LogP contribution in [0.4, 0.5) is 11.6 Å². The number of nitrogens with two attached hydrogens (primary N) is 1. The molecule has 1 heterocycles. The fourth-order valence-corrected chi connectivity index (χ4v) is 2.03. The Balaban J connectivity index is 2.51. The molecule has 0 radical (unpaired) electrons. The number of nitrogens with zero attached hydrogens (tertiary/aromatic N) is 3. The summed E-state index contributed by atoms with van der Waals surface area (Å²) < 4.78 is 5.52. The SMILES string of the molecule is Cc1cc(Oc2nc(N)nc(C)c2[N+](=O)[O-])cc(C)c1Cl. The van der Waals surface area contributed by atoms with Gasteiger partial charge in [0.1, 0.15) is 11.4 Å². The Morgan fingerprint density at radius 1 is 1.24 bits per heavy atom. The average Bonchev–Trinajstić information content (AvgIpc) is 2.34. The Labute approximate surface area is 125 Å². The standard InChI is InChI=1S/C13H13ClN4O3/c1-6-4-9(5-7(2)10(6)14)21-12-11(18(19)20)8(3)16-13(15)17-12/h4-5H,1-3H3,(H2,15,16,17). The van der Waals surface area contributed by atoms with Gasteiger partial charge in [-0.25, -0.2) is 4.98 Å². The lowest BCUT2D eigenvalue weighted by Gasteiger charge is -2.10. The van der Waals surface area contributed by atoms with Crippen molar-refractivity contribution in [3.05, 3.63) is 44.1 Å². The lowest BCUT2D eigenvalue weighted by Crippen LogP contribution is -2.05. The lowest BCUT2D eigenvalue weighted by molar-refractivity contribution is -0.386. The van der Waals surface area contributed by atoms with Crippen LogP contribution in [0.2, 0.25) is 5.02 Å². The van der Waals surface area contributed by atoms with E-state index in [0.29, 0.717) is 10.8 Å². The Kier molecular flexibility index (Phi) is 3.95. The van der Waals surface area contributed by atoms with Crippen molar-refractivity contribution in [1.82, 2.24) is 9.97 Å². The second-order valence-electron chi connectivity index (χ2n) is 4.55. The van der Waals surface area contributed by atoms with E-state index in [4.69, 9.17) is 22.1 Å². The number of anilines is 1. The van der Waals surface area contributed by atoms with Crippen LogP contribution < -0.4 is 10.5 Å². The summed E-state index contributed by atoms with van der Waals surface area (Å²) in [5.74, 6) is 0.122. The van der Waals surface area contributed by atoms with Gasteiger partial charge in [0, 0.05) is 5.02 Å². The van der Waals surface area contributed by atoms with Gasteiger partial charge in [-0.3, -0.25) is 10.1 Å². The van der Waals surface area contributed by atoms with Crippen molar-refractivity contribution in [2.75, 3.05) is 5.73 Å². The van der Waals surface area contributed by atoms with Crippen molar-refractivity contribution in [2.45, 2.75) is 20.8 Å². The van der Waals surface area contributed by atoms with Crippen LogP contribution in [0.3, 0.4) is 0 Å². The molecule has 2 N–H and O–H groups in total. The highest BCUT2D eigenvalue weighted by molar-refractivity contribution is 6.32. The average molecular weight is 309 g/mol. The van der Waals surface area contributed by atoms with Gasteiger partial charge in [0.2, 0.25) is 5.95 Å². The van der Waals surface area contributed by atoms with Crippen molar-refractivity contribution >= 4 is 23.2 Å². The third-order valence-corrected chi connectivity index (χ3v) is 3.45. The third kappa shape index (κ3) is 3.03. The molecule has 0 bridgehead atoms. The first-order valence-electron chi connectivity index (χ1n) is 6.02. The van der Waals surface area contributed by atoms with Crippen molar-refractivity contribution in [3.8, 4) is 11.6 Å². The molecular formula is C13H13ClN4O3. The van der Waals surface area contributed by atoms with E-state index in [0.717, 1.165) is 11.1 Å². The highest BCUT2D eigenvalue weighted by Gasteiger charge is 2.24. The van der Waals surface area contributed by atoms with Gasteiger partial charge < -0.3 is 10.5 Å². The molecular weight excluding hydrogens is 296 g/mol. The number of aromatic nitrogens is 2. The molecule has 0 saturated heterocycles. The summed E-state index contributed by atoms with van der Waals surface area (Å²) >= 11 is 6.08. The van der Waals surface area contributed by atoms with E-state index in [-0.39, 0.29) is 23.2 Å². The smallest absolute Gasteiger partial charge is 0.352 e. The summed E-state index contributed by atoms with van der Waals surface area (Å²) in [6, 6.07) is 3.35. The molecule has 110 valence electrons. The fraction of sp³-hybridized carbons (Fsp3) is 0.231. The monoisotopic (exact) mass is 308 g/mol. The van der Waals surface area contributed by atoms with Gasteiger partial charge >= 0.3 is 11.6 Å². The topological polar surface area (TPSA) is 104 Å². The van der Waals surface area contributed by atoms with Crippen LogP contribution in [-0.4, -0.2) is 14.9 Å². The molecule has 0 spiro atoms. The molecule has 7 nitrogen and oxygen atoms in total. The summed E-state index contributed by atoms with van der Waals surface area (Å²) in [7, 11) is 0. The number of halogens is 1. The molecule has 0 fully saturated rings. The number of hydrogen-bond acceptors (Lipinski definition) is 6. The number of nitro groups is 1. The number of hydrogen-bond donors (Lipinski definition) is 1. The number of aryl methyl sites for hydroxylation is 3. The molecule has 1 aromatic carbocycles. The van der Waals surface area contributed by atoms with E-state index in [1.807, 2.05) is 13.8 Å². The van der Waals surface area contributed by atoms with Gasteiger partial charge in [-0.15, -0.1) is 0 Å². The van der Waals surface area contributed by atoms with Crippen LogP contribution in [0.1, 0.15) is 16.8 Å². The predicted molar refractivity (Wildman–Crippen MR) is 78.8 cm³/mol. The normalized spacial score (nSPS) is 10.5. The minimum Gasteiger partial charge on any atom is -0.434 e. The maximum Gasteiger partial charge on any atom is 0.352 e. The lowest BCUT2D eigenvalue weighted by atomic mass is 10.1. The molecule has 1 aromatic heterocycles. The zero-order chi connectivity index (χ0) is 15.7. The third-order valence-electron chi connectivity index (χ3n) is 2.85. The number of rotatable bonds is 3. The Hall–Kier alpha value is -2.41. The molecule has 0 amide bonds. The van der Waals surface area contributed by atoms with Crippen LogP contribution in [0.5, 0.6) is 11.6 Å². The molecule has 0 unspecified atom stereocenters. The Morgan fingerprint density at radius 3 is 2.33 bits per heavy atom. The van der Waals surface area contributed by atoms with E-state index in [1.165, 1.54) is 6.92 Å². The van der Waals surface area contributed by atoms with E-state index in [9.17, 15) is 10.1 Å². The first-order chi connectivity index (χ1) is 9.79. The molecule has 0 aliphatic carbocycles. The van der Waals surface area contributed by atoms with Gasteiger partial charge in [0.05, 0.1) is 4.92 Å². The Bertz CT molecular complexity index is 711. The maximum absolute atomic E-state index is 11.1. The minimum absolute atomic E-state index is 0.0875. The molecule has 2 rings (SSSR count). The van der Waals surface area contributed by atoms with Crippen molar-refractivity contribution in [1.29, 1.82) is 0 Å². The van der Waals surface area contributed by atoms with Gasteiger partial charge in [-0.05, 0) is 44.0 Å². The van der Waals surface area contributed by atoms with Crippen LogP contribution in [0.25, 0.3) is 0 Å². The summed E-state index contributed by atoms with van der Waals surface area (Å²) in [5.41, 5.74) is 6.95. The quantitative estimate of drug-likeness (QED) is 0.688. The van der Waals surface area contributed by atoms with Gasteiger partial charge in [0.15, 0.2) is 0 Å². The van der Waals surface area contributed by atoms with E-state index in [1.54, 1.807) is 12.1 Å². The van der Waals surface area contributed by atoms with Gasteiger partial charge in [-0.2, -0.15) is 4.98 Å². The van der Waals surface area contributed by atoms with Crippen LogP contribution >= 0.6 is 11.6 Å². The van der Waals surface area contributed by atoms with Crippen LogP contribution in [-0.2, 0) is 0 Å². The molecule has 2 aromatic rings. The molecule has 0 aliphatic rings. The number of nitrogen functional groups attached to an aromatic ring is 1. The summed E-state index contributed by atoms with van der Waals surface area (Å²) in [4.78, 5) is 18.1. The first kappa shape index (κ1) is 15.0. The van der Waals surface area contributed by atoms with E-state index >= 15 is 0 Å². The van der Waals surface area contributed by atoms with Gasteiger partial charge in [0.25, 0.3) is 0 Å². The van der Waals surface area contributed by atoms with Crippen LogP contribution in [0.15, 0.2) is 12.1 Å². The number of benzene rings is 1. The summed E-state index contributed by atoms with van der Waals surface area (Å²) in [5, 5.41) is 11.7. The Morgan fingerprint density at radius 2 is 1.81 bits per heavy atom. The van der Waals surface area contributed by atoms with Crippen molar-refractivity contribution in [2.24, 2.45) is 0 Å². The molecule has 21 heavy (non-hydrogen) atoms. The second-order valence-corrected chi connectivity index (χ2v) is 4.93. The number of ether oxygens (including phenoxy) is 1. The second kappa shape index (κ2) is 5.53. The van der Waals surface area contributed by atoms with Crippen LogP contribution in [0, 0.1) is 30.9 Å².